The molecule has 0 atom stereocenters. The summed E-state index contributed by atoms with van der Waals surface area (Å²) in [6, 6.07) is 41.7. The van der Waals surface area contributed by atoms with Crippen LogP contribution in [0.15, 0.2) is 195 Å². The molecule has 0 amide bonds. The summed E-state index contributed by atoms with van der Waals surface area (Å²) < 4.78 is 0. The molecule has 65 heavy (non-hydrogen) atoms. The number of allylic oxidation sites excluding steroid dienone is 9. The lowest BCUT2D eigenvalue weighted by Crippen LogP contribution is -2.17. The topological polar surface area (TPSA) is 53.0 Å². The van der Waals surface area contributed by atoms with Gasteiger partial charge in [-0.05, 0) is 133 Å². The van der Waals surface area contributed by atoms with Crippen LogP contribution in [0.4, 0.5) is 17.1 Å². The summed E-state index contributed by atoms with van der Waals surface area (Å²) in [5.74, 6) is 0. The van der Waals surface area contributed by atoms with Crippen LogP contribution in [-0.4, -0.2) is 0 Å². The van der Waals surface area contributed by atoms with Gasteiger partial charge in [0.05, 0.1) is 17.3 Å². The van der Waals surface area contributed by atoms with E-state index in [0.29, 0.717) is 5.56 Å². The molecule has 3 heteroatoms. The van der Waals surface area contributed by atoms with E-state index in [2.05, 4.69) is 177 Å². The second-order valence-electron chi connectivity index (χ2n) is 16.2. The maximum atomic E-state index is 9.29. The monoisotopic (exact) mass is 866 g/mol. The number of hydrogen-bond donors (Lipinski definition) is 1. The van der Waals surface area contributed by atoms with Crippen LogP contribution < -0.4 is 10.6 Å². The molecule has 0 spiro atoms. The lowest BCUT2D eigenvalue weighted by molar-refractivity contribution is 0.549. The summed E-state index contributed by atoms with van der Waals surface area (Å²) in [5, 5.41) is 9.29. The Hall–Kier alpha value is -6.63. The fourth-order valence-corrected chi connectivity index (χ4v) is 7.47. The number of nitrogens with two attached hydrogens (primary N) is 1. The number of para-hydroxylation sites is 1. The van der Waals surface area contributed by atoms with Gasteiger partial charge in [-0.25, -0.2) is 0 Å². The fraction of sp³-hybridized carbons (Fsp3) is 0.274. The third-order valence-corrected chi connectivity index (χ3v) is 10.9. The number of rotatable bonds is 6. The third kappa shape index (κ3) is 15.3. The molecule has 5 aromatic carbocycles. The van der Waals surface area contributed by atoms with Gasteiger partial charge in [0.25, 0.3) is 0 Å². The molecule has 1 heterocycles. The molecule has 0 saturated heterocycles. The lowest BCUT2D eigenvalue weighted by Gasteiger charge is -2.29. The Morgan fingerprint density at radius 3 is 1.82 bits per heavy atom. The molecule has 342 valence electrons. The average Bonchev–Trinajstić information content (AvgIpc) is 3.53. The number of hydrogen-bond acceptors (Lipinski definition) is 3. The molecule has 7 rings (SSSR count). The molecule has 5 aromatic rings. The Balaban J connectivity index is 0.000000620. The minimum Gasteiger partial charge on any atom is -0.399 e. The zero-order valence-electron chi connectivity index (χ0n) is 42.4. The van der Waals surface area contributed by atoms with Gasteiger partial charge in [0, 0.05) is 34.0 Å². The van der Waals surface area contributed by atoms with Crippen molar-refractivity contribution in [1.82, 2.24) is 0 Å². The van der Waals surface area contributed by atoms with Crippen LogP contribution in [0.1, 0.15) is 130 Å². The minimum atomic E-state index is -0.0799. The van der Waals surface area contributed by atoms with Crippen LogP contribution in [0, 0.1) is 16.7 Å². The number of benzene rings is 5. The minimum absolute atomic E-state index is 0.0561. The predicted octanol–water partition coefficient (Wildman–Crippen LogP) is 18.3. The van der Waals surface area contributed by atoms with Gasteiger partial charge in [-0.1, -0.05) is 191 Å². The summed E-state index contributed by atoms with van der Waals surface area (Å²) in [5.41, 5.74) is 22.7. The molecular formula is C62H79N3. The number of anilines is 3. The summed E-state index contributed by atoms with van der Waals surface area (Å²) in [4.78, 5) is 2.28. The van der Waals surface area contributed by atoms with Crippen molar-refractivity contribution in [3.05, 3.63) is 228 Å². The number of fused-ring (bicyclic) bond motifs is 4. The quantitative estimate of drug-likeness (QED) is 0.105. The highest BCUT2D eigenvalue weighted by atomic mass is 15.1. The van der Waals surface area contributed by atoms with Gasteiger partial charge in [0.1, 0.15) is 0 Å². The van der Waals surface area contributed by atoms with Crippen molar-refractivity contribution in [2.75, 3.05) is 10.6 Å². The van der Waals surface area contributed by atoms with E-state index in [1.807, 2.05) is 103 Å². The van der Waals surface area contributed by atoms with Gasteiger partial charge >= 0.3 is 0 Å². The van der Waals surface area contributed by atoms with Gasteiger partial charge in [-0.2, -0.15) is 5.26 Å². The molecule has 0 bridgehead atoms. The van der Waals surface area contributed by atoms with E-state index < -0.39 is 0 Å². The largest absolute Gasteiger partial charge is 0.399 e. The molecule has 1 aliphatic heterocycles. The Labute approximate surface area is 396 Å². The molecule has 3 nitrogen and oxygen atoms in total. The van der Waals surface area contributed by atoms with Gasteiger partial charge in [-0.3, -0.25) is 0 Å². The van der Waals surface area contributed by atoms with Crippen molar-refractivity contribution in [3.63, 3.8) is 0 Å². The molecular weight excluding hydrogens is 787 g/mol. The zero-order valence-corrected chi connectivity index (χ0v) is 42.4. The lowest BCUT2D eigenvalue weighted by atomic mass is 9.77. The Kier molecular flexibility index (Phi) is 24.5. The van der Waals surface area contributed by atoms with Crippen molar-refractivity contribution in [1.29, 1.82) is 5.26 Å². The van der Waals surface area contributed by atoms with Crippen LogP contribution in [0.2, 0.25) is 0 Å². The van der Waals surface area contributed by atoms with Crippen molar-refractivity contribution in [2.45, 2.75) is 109 Å². The molecule has 2 N–H and O–H groups in total. The van der Waals surface area contributed by atoms with E-state index in [1.54, 1.807) is 6.08 Å². The molecule has 1 aliphatic carbocycles. The zero-order chi connectivity index (χ0) is 49.3. The van der Waals surface area contributed by atoms with Crippen molar-refractivity contribution < 1.29 is 0 Å². The molecule has 2 aliphatic rings. The normalized spacial score (nSPS) is 12.8. The first-order chi connectivity index (χ1) is 31.1. The van der Waals surface area contributed by atoms with E-state index >= 15 is 0 Å². The molecule has 0 fully saturated rings. The molecule has 0 unspecified atom stereocenters. The fourth-order valence-electron chi connectivity index (χ4n) is 7.47. The first kappa shape index (κ1) is 56.4. The van der Waals surface area contributed by atoms with Crippen molar-refractivity contribution in [3.8, 4) is 17.2 Å². The second-order valence-corrected chi connectivity index (χ2v) is 16.2. The number of nitrogen functional groups attached to an aromatic ring is 1. The van der Waals surface area contributed by atoms with E-state index in [4.69, 9.17) is 5.73 Å². The molecule has 0 saturated carbocycles. The number of nitriles is 1. The van der Waals surface area contributed by atoms with Gasteiger partial charge in [0.15, 0.2) is 0 Å². The highest BCUT2D eigenvalue weighted by Crippen LogP contribution is 2.52. The van der Waals surface area contributed by atoms with Crippen LogP contribution in [0.3, 0.4) is 0 Å². The highest BCUT2D eigenvalue weighted by molar-refractivity contribution is 5.92. The van der Waals surface area contributed by atoms with Gasteiger partial charge in [-0.15, -0.1) is 6.58 Å². The van der Waals surface area contributed by atoms with E-state index in [0.717, 1.165) is 40.2 Å². The van der Waals surface area contributed by atoms with Gasteiger partial charge in [0.2, 0.25) is 0 Å². The van der Waals surface area contributed by atoms with Crippen molar-refractivity contribution >= 4 is 22.6 Å². The van der Waals surface area contributed by atoms with E-state index in [9.17, 15) is 5.26 Å². The van der Waals surface area contributed by atoms with Crippen LogP contribution in [0.5, 0.6) is 0 Å². The second kappa shape index (κ2) is 28.2. The third-order valence-electron chi connectivity index (χ3n) is 10.9. The van der Waals surface area contributed by atoms with Crippen molar-refractivity contribution in [2.24, 2.45) is 5.41 Å². The summed E-state index contributed by atoms with van der Waals surface area (Å²) >= 11 is 0. The maximum Gasteiger partial charge on any atom is 0.0991 e. The number of nitrogens with zero attached hydrogens (tertiary/aromatic N) is 2. The van der Waals surface area contributed by atoms with E-state index in [-0.39, 0.29) is 10.8 Å². The highest BCUT2D eigenvalue weighted by Gasteiger charge is 2.36. The first-order valence-electron chi connectivity index (χ1n) is 23.1. The standard InChI is InChI=1S/C35H28N2.C12H20.C6H7N.C3H6.3C2H6/c1-24-10-6-7-17-37(28-14-9-12-26(20-28)18-25-11-8-13-27(19-25)23-36)34-22-33-31(21-30(24)34)29-15-4-5-16-32(29)35(33,2)3;1-8-11(9(2)3)12(6,7)10(4)5;7-6-4-2-1-3-5-6;1-3-2;3*1-2/h4-17,19-22H,1,18H2,2-3H3;8H,1,4H2,2-3,5-7H3;1-5H,7H2;3H,1H2,2H3;3*1-2H3/b10-6-,17-7-;;;;;;. The first-order valence-corrected chi connectivity index (χ1v) is 23.1. The SMILES string of the molecule is C=C1/C=C\C=C/N(c2cccc(Cc3cccc(C#N)c3)c2)c2cc3c(cc21)-c1ccccc1C3(C)C.C=CC.C=CC(=C(C)C)C(C)(C)C(=C)C.CC.CC.CC.Nc1ccccc1. The Morgan fingerprint density at radius 1 is 0.723 bits per heavy atom. The maximum absolute atomic E-state index is 9.29. The van der Waals surface area contributed by atoms with Crippen LogP contribution >= 0.6 is 0 Å². The van der Waals surface area contributed by atoms with E-state index in [1.165, 1.54) is 44.5 Å². The predicted molar refractivity (Wildman–Crippen MR) is 292 cm³/mol. The summed E-state index contributed by atoms with van der Waals surface area (Å²) in [6.45, 7) is 44.8. The van der Waals surface area contributed by atoms with Gasteiger partial charge < -0.3 is 10.6 Å². The Morgan fingerprint density at radius 2 is 1.29 bits per heavy atom. The summed E-state index contributed by atoms with van der Waals surface area (Å²) in [6.07, 6.45) is 12.8. The van der Waals surface area contributed by atoms with Crippen LogP contribution in [-0.2, 0) is 11.8 Å². The molecule has 0 radical (unpaired) electrons. The summed E-state index contributed by atoms with van der Waals surface area (Å²) in [7, 11) is 0. The Bertz CT molecular complexity index is 2440. The average molecular weight is 866 g/mol. The van der Waals surface area contributed by atoms with Crippen LogP contribution in [0.25, 0.3) is 16.7 Å². The smallest absolute Gasteiger partial charge is 0.0991 e. The molecule has 0 aromatic heterocycles.